The predicted octanol–water partition coefficient (Wildman–Crippen LogP) is 5.69. The largest absolute Gasteiger partial charge is 0.453 e. The molecule has 110 valence electrons. The van der Waals surface area contributed by atoms with Gasteiger partial charge < -0.3 is 9.73 Å². The van der Waals surface area contributed by atoms with Crippen molar-refractivity contribution in [3.8, 4) is 0 Å². The summed E-state index contributed by atoms with van der Waals surface area (Å²) in [5, 5.41) is 3.63. The SMILES string of the molecule is CCCCC(CC)CC(NCCC)c1ccc(Br)o1. The third-order valence-corrected chi connectivity index (χ3v) is 4.12. The lowest BCUT2D eigenvalue weighted by Crippen LogP contribution is -2.24. The lowest BCUT2D eigenvalue weighted by atomic mass is 9.91. The number of furan rings is 1. The van der Waals surface area contributed by atoms with Crippen LogP contribution in [0.3, 0.4) is 0 Å². The minimum absolute atomic E-state index is 0.355. The summed E-state index contributed by atoms with van der Waals surface area (Å²) in [7, 11) is 0. The van der Waals surface area contributed by atoms with Crippen LogP contribution in [0.4, 0.5) is 0 Å². The van der Waals surface area contributed by atoms with Gasteiger partial charge in [0.2, 0.25) is 0 Å². The zero-order valence-corrected chi connectivity index (χ0v) is 14.1. The Bertz CT molecular complexity index is 337. The van der Waals surface area contributed by atoms with E-state index in [4.69, 9.17) is 4.42 Å². The Kier molecular flexibility index (Phi) is 8.47. The van der Waals surface area contributed by atoms with Crippen molar-refractivity contribution in [2.75, 3.05) is 6.54 Å². The Morgan fingerprint density at radius 2 is 2.00 bits per heavy atom. The third kappa shape index (κ3) is 6.13. The summed E-state index contributed by atoms with van der Waals surface area (Å²) >= 11 is 3.40. The predicted molar refractivity (Wildman–Crippen MR) is 85.4 cm³/mol. The molecule has 0 saturated heterocycles. The first kappa shape index (κ1) is 16.8. The molecule has 0 amide bonds. The van der Waals surface area contributed by atoms with Crippen LogP contribution in [0.25, 0.3) is 0 Å². The smallest absolute Gasteiger partial charge is 0.169 e. The van der Waals surface area contributed by atoms with Crippen molar-refractivity contribution in [3.63, 3.8) is 0 Å². The van der Waals surface area contributed by atoms with Gasteiger partial charge in [-0.15, -0.1) is 0 Å². The molecule has 1 aromatic heterocycles. The molecule has 0 aliphatic rings. The summed E-state index contributed by atoms with van der Waals surface area (Å²) < 4.78 is 6.57. The second-order valence-electron chi connectivity index (χ2n) is 5.30. The monoisotopic (exact) mass is 329 g/mol. The second-order valence-corrected chi connectivity index (χ2v) is 6.08. The Labute approximate surface area is 126 Å². The van der Waals surface area contributed by atoms with Crippen LogP contribution < -0.4 is 5.32 Å². The van der Waals surface area contributed by atoms with Crippen LogP contribution in [0, 0.1) is 5.92 Å². The van der Waals surface area contributed by atoms with E-state index in [0.717, 1.165) is 29.3 Å². The fraction of sp³-hybridized carbons (Fsp3) is 0.750. The first-order chi connectivity index (χ1) is 9.21. The quantitative estimate of drug-likeness (QED) is 0.596. The van der Waals surface area contributed by atoms with E-state index in [1.165, 1.54) is 32.1 Å². The van der Waals surface area contributed by atoms with Gasteiger partial charge in [0.25, 0.3) is 0 Å². The van der Waals surface area contributed by atoms with Crippen molar-refractivity contribution in [2.24, 2.45) is 5.92 Å². The molecular formula is C16H28BrNO. The molecular weight excluding hydrogens is 302 g/mol. The molecule has 0 fully saturated rings. The standard InChI is InChI=1S/C16H28BrNO/c1-4-7-8-13(6-3)12-14(18-11-5-2)15-9-10-16(17)19-15/h9-10,13-14,18H,4-8,11-12H2,1-3H3. The van der Waals surface area contributed by atoms with Crippen LogP contribution in [0.5, 0.6) is 0 Å². The van der Waals surface area contributed by atoms with Crippen molar-refractivity contribution in [3.05, 3.63) is 22.6 Å². The van der Waals surface area contributed by atoms with Gasteiger partial charge >= 0.3 is 0 Å². The lowest BCUT2D eigenvalue weighted by molar-refractivity contribution is 0.315. The molecule has 2 nitrogen and oxygen atoms in total. The average molecular weight is 330 g/mol. The Morgan fingerprint density at radius 1 is 1.21 bits per heavy atom. The zero-order chi connectivity index (χ0) is 14.1. The summed E-state index contributed by atoms with van der Waals surface area (Å²) in [6.45, 7) is 7.82. The van der Waals surface area contributed by atoms with Crippen molar-refractivity contribution >= 4 is 15.9 Å². The molecule has 1 N–H and O–H groups in total. The highest BCUT2D eigenvalue weighted by Gasteiger charge is 2.19. The van der Waals surface area contributed by atoms with Crippen molar-refractivity contribution in [1.82, 2.24) is 5.32 Å². The van der Waals surface area contributed by atoms with Crippen LogP contribution in [0.2, 0.25) is 0 Å². The van der Waals surface area contributed by atoms with Crippen molar-refractivity contribution < 1.29 is 4.42 Å². The number of unbranched alkanes of at least 4 members (excludes halogenated alkanes) is 1. The van der Waals surface area contributed by atoms with Crippen LogP contribution >= 0.6 is 15.9 Å². The highest BCUT2D eigenvalue weighted by Crippen LogP contribution is 2.29. The fourth-order valence-electron chi connectivity index (χ4n) is 2.45. The van der Waals surface area contributed by atoms with Gasteiger partial charge in [-0.2, -0.15) is 0 Å². The second kappa shape index (κ2) is 9.60. The number of rotatable bonds is 10. The molecule has 0 bridgehead atoms. The molecule has 1 rings (SSSR count). The van der Waals surface area contributed by atoms with Gasteiger partial charge in [0.1, 0.15) is 5.76 Å². The van der Waals surface area contributed by atoms with Crippen molar-refractivity contribution in [2.45, 2.75) is 65.3 Å². The van der Waals surface area contributed by atoms with E-state index in [2.05, 4.69) is 48.1 Å². The van der Waals surface area contributed by atoms with E-state index >= 15 is 0 Å². The van der Waals surface area contributed by atoms with Gasteiger partial charge in [0.05, 0.1) is 6.04 Å². The molecule has 2 atom stereocenters. The van der Waals surface area contributed by atoms with Gasteiger partial charge in [0.15, 0.2) is 4.67 Å². The van der Waals surface area contributed by atoms with Crippen LogP contribution in [-0.2, 0) is 0 Å². The average Bonchev–Trinajstić information content (AvgIpc) is 2.84. The highest BCUT2D eigenvalue weighted by molar-refractivity contribution is 9.10. The van der Waals surface area contributed by atoms with E-state index in [1.54, 1.807) is 0 Å². The van der Waals surface area contributed by atoms with Gasteiger partial charge in [-0.05, 0) is 53.4 Å². The summed E-state index contributed by atoms with van der Waals surface area (Å²) in [6, 6.07) is 4.43. The van der Waals surface area contributed by atoms with Crippen LogP contribution in [-0.4, -0.2) is 6.54 Å². The molecule has 3 heteroatoms. The third-order valence-electron chi connectivity index (χ3n) is 3.69. The maximum atomic E-state index is 5.75. The topological polar surface area (TPSA) is 25.2 Å². The zero-order valence-electron chi connectivity index (χ0n) is 12.5. The van der Waals surface area contributed by atoms with E-state index in [1.807, 2.05) is 6.07 Å². The first-order valence-corrected chi connectivity index (χ1v) is 8.49. The van der Waals surface area contributed by atoms with E-state index in [-0.39, 0.29) is 0 Å². The minimum Gasteiger partial charge on any atom is -0.453 e. The lowest BCUT2D eigenvalue weighted by Gasteiger charge is -2.22. The molecule has 0 aliphatic carbocycles. The number of hydrogen-bond donors (Lipinski definition) is 1. The minimum atomic E-state index is 0.355. The van der Waals surface area contributed by atoms with Gasteiger partial charge in [-0.1, -0.05) is 46.5 Å². The molecule has 19 heavy (non-hydrogen) atoms. The van der Waals surface area contributed by atoms with Crippen LogP contribution in [0.1, 0.15) is 71.1 Å². The maximum absolute atomic E-state index is 5.75. The molecule has 1 aromatic rings. The van der Waals surface area contributed by atoms with Gasteiger partial charge in [-0.25, -0.2) is 0 Å². The number of hydrogen-bond acceptors (Lipinski definition) is 2. The van der Waals surface area contributed by atoms with Gasteiger partial charge in [0, 0.05) is 0 Å². The first-order valence-electron chi connectivity index (χ1n) is 7.69. The molecule has 0 aliphatic heterocycles. The Morgan fingerprint density at radius 3 is 2.53 bits per heavy atom. The normalized spacial score (nSPS) is 14.5. The summed E-state index contributed by atoms with van der Waals surface area (Å²) in [6.07, 6.45) is 7.54. The summed E-state index contributed by atoms with van der Waals surface area (Å²) in [5.74, 6) is 1.86. The molecule has 1 heterocycles. The van der Waals surface area contributed by atoms with Crippen molar-refractivity contribution in [1.29, 1.82) is 0 Å². The van der Waals surface area contributed by atoms with Gasteiger partial charge in [-0.3, -0.25) is 0 Å². The maximum Gasteiger partial charge on any atom is 0.169 e. The summed E-state index contributed by atoms with van der Waals surface area (Å²) in [4.78, 5) is 0. The summed E-state index contributed by atoms with van der Waals surface area (Å²) in [5.41, 5.74) is 0. The molecule has 2 unspecified atom stereocenters. The molecule has 0 saturated carbocycles. The molecule has 0 radical (unpaired) electrons. The number of halogens is 1. The van der Waals surface area contributed by atoms with E-state index < -0.39 is 0 Å². The number of nitrogens with one attached hydrogen (secondary N) is 1. The fourth-order valence-corrected chi connectivity index (χ4v) is 2.77. The molecule has 0 aromatic carbocycles. The molecule has 0 spiro atoms. The van der Waals surface area contributed by atoms with E-state index in [9.17, 15) is 0 Å². The Balaban J connectivity index is 2.62. The van der Waals surface area contributed by atoms with Crippen LogP contribution in [0.15, 0.2) is 21.2 Å². The Hall–Kier alpha value is -0.280. The highest BCUT2D eigenvalue weighted by atomic mass is 79.9. The van der Waals surface area contributed by atoms with E-state index in [0.29, 0.717) is 6.04 Å².